The highest BCUT2D eigenvalue weighted by atomic mass is 32.2. The van der Waals surface area contributed by atoms with Gasteiger partial charge in [-0.05, 0) is 31.2 Å². The SMILES string of the molecule is CCOc1ncc(F)cc1S(=O)(=O)NN1C=CC2=CCOc3cccnc3N21. The van der Waals surface area contributed by atoms with E-state index in [-0.39, 0.29) is 12.5 Å². The lowest BCUT2D eigenvalue weighted by atomic mass is 10.4. The van der Waals surface area contributed by atoms with Gasteiger partial charge in [0.05, 0.1) is 18.5 Å². The molecule has 0 bridgehead atoms. The molecule has 0 fully saturated rings. The van der Waals surface area contributed by atoms with Crippen molar-refractivity contribution in [1.82, 2.24) is 19.9 Å². The summed E-state index contributed by atoms with van der Waals surface area (Å²) in [7, 11) is -4.22. The van der Waals surface area contributed by atoms with E-state index >= 15 is 0 Å². The maximum Gasteiger partial charge on any atom is 0.264 e. The highest BCUT2D eigenvalue weighted by Crippen LogP contribution is 2.35. The Morgan fingerprint density at radius 3 is 3.07 bits per heavy atom. The first-order valence-corrected chi connectivity index (χ1v) is 9.84. The van der Waals surface area contributed by atoms with Crippen LogP contribution in [0.1, 0.15) is 6.92 Å². The Balaban J connectivity index is 1.70. The normalized spacial score (nSPS) is 15.4. The Morgan fingerprint density at radius 1 is 1.39 bits per heavy atom. The number of ether oxygens (including phenoxy) is 2. The number of halogens is 1. The Morgan fingerprint density at radius 2 is 2.25 bits per heavy atom. The molecule has 28 heavy (non-hydrogen) atoms. The zero-order chi connectivity index (χ0) is 19.7. The first-order valence-electron chi connectivity index (χ1n) is 8.36. The number of fused-ring (bicyclic) bond motifs is 3. The van der Waals surface area contributed by atoms with Crippen molar-refractivity contribution < 1.29 is 22.3 Å². The van der Waals surface area contributed by atoms with Crippen LogP contribution in [0.2, 0.25) is 0 Å². The summed E-state index contributed by atoms with van der Waals surface area (Å²) in [5.41, 5.74) is 0.669. The van der Waals surface area contributed by atoms with E-state index < -0.39 is 20.7 Å². The van der Waals surface area contributed by atoms with E-state index in [4.69, 9.17) is 9.47 Å². The highest BCUT2D eigenvalue weighted by molar-refractivity contribution is 7.89. The third-order valence-corrected chi connectivity index (χ3v) is 5.20. The number of hydrazine groups is 2. The molecule has 146 valence electrons. The van der Waals surface area contributed by atoms with Gasteiger partial charge < -0.3 is 9.47 Å². The number of hydrogen-bond acceptors (Lipinski definition) is 8. The molecule has 0 aliphatic carbocycles. The predicted octanol–water partition coefficient (Wildman–Crippen LogP) is 1.73. The van der Waals surface area contributed by atoms with Gasteiger partial charge in [-0.3, -0.25) is 0 Å². The number of pyridine rings is 2. The van der Waals surface area contributed by atoms with Crippen molar-refractivity contribution in [3.63, 3.8) is 0 Å². The molecule has 4 rings (SSSR count). The fourth-order valence-corrected chi connectivity index (χ4v) is 3.84. The van der Waals surface area contributed by atoms with Crippen molar-refractivity contribution in [2.45, 2.75) is 11.8 Å². The van der Waals surface area contributed by atoms with Gasteiger partial charge in [0.1, 0.15) is 17.3 Å². The van der Waals surface area contributed by atoms with Crippen molar-refractivity contribution in [1.29, 1.82) is 0 Å². The largest absolute Gasteiger partial charge is 0.485 e. The molecule has 0 saturated carbocycles. The summed E-state index contributed by atoms with van der Waals surface area (Å²) in [5, 5.41) is 2.76. The van der Waals surface area contributed by atoms with Crippen LogP contribution >= 0.6 is 0 Å². The van der Waals surface area contributed by atoms with E-state index in [1.54, 1.807) is 37.4 Å². The summed E-state index contributed by atoms with van der Waals surface area (Å²) in [6.07, 6.45) is 7.46. The summed E-state index contributed by atoms with van der Waals surface area (Å²) < 4.78 is 50.4. The van der Waals surface area contributed by atoms with Crippen molar-refractivity contribution in [2.75, 3.05) is 18.2 Å². The molecule has 2 aliphatic rings. The van der Waals surface area contributed by atoms with Gasteiger partial charge in [0.2, 0.25) is 5.88 Å². The molecule has 0 spiro atoms. The van der Waals surface area contributed by atoms with Gasteiger partial charge >= 0.3 is 0 Å². The van der Waals surface area contributed by atoms with Gasteiger partial charge in [0.25, 0.3) is 10.0 Å². The smallest absolute Gasteiger partial charge is 0.264 e. The first kappa shape index (κ1) is 18.2. The molecule has 2 aromatic heterocycles. The summed E-state index contributed by atoms with van der Waals surface area (Å²) in [6, 6.07) is 4.30. The molecule has 11 heteroatoms. The Bertz CT molecular complexity index is 1070. The molecule has 0 atom stereocenters. The van der Waals surface area contributed by atoms with E-state index in [0.717, 1.165) is 12.3 Å². The van der Waals surface area contributed by atoms with Crippen LogP contribution in [0, 0.1) is 5.82 Å². The van der Waals surface area contributed by atoms with E-state index in [0.29, 0.717) is 23.9 Å². The van der Waals surface area contributed by atoms with Crippen molar-refractivity contribution in [3.05, 3.63) is 60.5 Å². The molecule has 9 nitrogen and oxygen atoms in total. The summed E-state index contributed by atoms with van der Waals surface area (Å²) >= 11 is 0. The second-order valence-electron chi connectivity index (χ2n) is 5.72. The van der Waals surface area contributed by atoms with Gasteiger partial charge in [-0.2, -0.15) is 0 Å². The van der Waals surface area contributed by atoms with Gasteiger partial charge in [0, 0.05) is 18.5 Å². The fraction of sp³-hybridized carbons (Fsp3) is 0.176. The van der Waals surface area contributed by atoms with Gasteiger partial charge in [0.15, 0.2) is 11.6 Å². The second kappa shape index (κ2) is 7.09. The van der Waals surface area contributed by atoms with E-state index in [2.05, 4.69) is 14.8 Å². The van der Waals surface area contributed by atoms with Crippen LogP contribution in [0.15, 0.2) is 59.5 Å². The van der Waals surface area contributed by atoms with Crippen LogP contribution in [0.4, 0.5) is 10.2 Å². The molecule has 0 aromatic carbocycles. The Labute approximate surface area is 160 Å². The minimum absolute atomic E-state index is 0.179. The lowest BCUT2D eigenvalue weighted by Gasteiger charge is -2.30. The number of nitrogens with zero attached hydrogens (tertiary/aromatic N) is 4. The van der Waals surface area contributed by atoms with Crippen LogP contribution in [0.5, 0.6) is 11.6 Å². The van der Waals surface area contributed by atoms with Crippen molar-refractivity contribution in [3.8, 4) is 11.6 Å². The van der Waals surface area contributed by atoms with Crippen LogP contribution in [0.3, 0.4) is 0 Å². The zero-order valence-electron chi connectivity index (χ0n) is 14.7. The summed E-state index contributed by atoms with van der Waals surface area (Å²) in [4.78, 5) is 9.99. The average Bonchev–Trinajstić information content (AvgIpc) is 2.95. The standard InChI is InChI=1S/C17H16FN5O4S/c1-2-26-17-15(10-12(18)11-20-17)28(24,25)21-22-8-5-13-6-9-27-14-4-3-7-19-16(14)23(13)22/h3-8,10-11,21H,2,9H2,1H3. The molecule has 0 unspecified atom stereocenters. The molecule has 2 aromatic rings. The minimum atomic E-state index is -4.22. The summed E-state index contributed by atoms with van der Waals surface area (Å²) in [6.45, 7) is 2.16. The first-order chi connectivity index (χ1) is 13.5. The Kier molecular flexibility index (Phi) is 4.61. The number of allylic oxidation sites excluding steroid dienone is 1. The lowest BCUT2D eigenvalue weighted by molar-refractivity contribution is 0.311. The van der Waals surface area contributed by atoms with E-state index in [1.807, 2.05) is 0 Å². The topological polar surface area (TPSA) is 96.9 Å². The monoisotopic (exact) mass is 405 g/mol. The molecule has 1 N–H and O–H groups in total. The second-order valence-corrected chi connectivity index (χ2v) is 7.35. The van der Waals surface area contributed by atoms with E-state index in [1.165, 1.54) is 16.3 Å². The van der Waals surface area contributed by atoms with Gasteiger partial charge in [-0.1, -0.05) is 0 Å². The van der Waals surface area contributed by atoms with Crippen LogP contribution in [0.25, 0.3) is 0 Å². The van der Waals surface area contributed by atoms with Crippen molar-refractivity contribution in [2.24, 2.45) is 0 Å². The number of hydrogen-bond donors (Lipinski definition) is 1. The maximum atomic E-state index is 13.7. The zero-order valence-corrected chi connectivity index (χ0v) is 15.6. The molecule has 0 amide bonds. The van der Waals surface area contributed by atoms with Crippen LogP contribution in [-0.4, -0.2) is 36.7 Å². The third-order valence-electron chi connectivity index (χ3n) is 3.90. The summed E-state index contributed by atoms with van der Waals surface area (Å²) in [5.74, 6) is -0.0879. The average molecular weight is 405 g/mol. The van der Waals surface area contributed by atoms with Gasteiger partial charge in [-0.15, -0.1) is 4.83 Å². The van der Waals surface area contributed by atoms with Gasteiger partial charge in [-0.25, -0.2) is 32.9 Å². The fourth-order valence-electron chi connectivity index (χ4n) is 2.75. The highest BCUT2D eigenvalue weighted by Gasteiger charge is 2.32. The quantitative estimate of drug-likeness (QED) is 0.804. The molecule has 4 heterocycles. The molecule has 0 saturated heterocycles. The van der Waals surface area contributed by atoms with E-state index in [9.17, 15) is 12.8 Å². The predicted molar refractivity (Wildman–Crippen MR) is 97.0 cm³/mol. The molecular formula is C17H16FN5O4S. The number of aromatic nitrogens is 2. The number of anilines is 1. The van der Waals surface area contributed by atoms with Crippen molar-refractivity contribution >= 4 is 15.8 Å². The third kappa shape index (κ3) is 3.25. The molecule has 0 radical (unpaired) electrons. The molecular weight excluding hydrogens is 389 g/mol. The van der Waals surface area contributed by atoms with Crippen LogP contribution < -0.4 is 19.3 Å². The number of sulfonamides is 1. The number of rotatable bonds is 5. The Hall–Kier alpha value is -3.18. The minimum Gasteiger partial charge on any atom is -0.485 e. The lowest BCUT2D eigenvalue weighted by Crippen LogP contribution is -2.47. The number of nitrogens with one attached hydrogen (secondary N) is 1. The maximum absolute atomic E-state index is 13.7. The molecule has 2 aliphatic heterocycles. The van der Waals surface area contributed by atoms with Crippen LogP contribution in [-0.2, 0) is 10.0 Å².